The summed E-state index contributed by atoms with van der Waals surface area (Å²) in [5.41, 5.74) is -0.227. The summed E-state index contributed by atoms with van der Waals surface area (Å²) in [6.45, 7) is 4.72. The molecule has 19 heavy (non-hydrogen) atoms. The van der Waals surface area contributed by atoms with Crippen LogP contribution in [0, 0.1) is 16.0 Å². The van der Waals surface area contributed by atoms with Gasteiger partial charge in [0.25, 0.3) is 5.69 Å². The van der Waals surface area contributed by atoms with Crippen molar-refractivity contribution in [2.24, 2.45) is 5.92 Å². The van der Waals surface area contributed by atoms with E-state index in [9.17, 15) is 15.2 Å². The monoisotopic (exact) mass is 266 g/mol. The van der Waals surface area contributed by atoms with Crippen molar-refractivity contribution >= 4 is 11.4 Å². The molecule has 1 N–H and O–H groups in total. The Morgan fingerprint density at radius 3 is 2.58 bits per heavy atom. The van der Waals surface area contributed by atoms with Gasteiger partial charge in [-0.05, 0) is 18.1 Å². The molecule has 0 aromatic heterocycles. The molecule has 1 aromatic rings. The van der Waals surface area contributed by atoms with Crippen LogP contribution in [0.25, 0.3) is 0 Å². The average Bonchev–Trinajstić information content (AvgIpc) is 2.33. The van der Waals surface area contributed by atoms with Crippen LogP contribution in [0.2, 0.25) is 0 Å². The number of β-amino-alcohol motifs (C(OH)–C–C–N with tert-alkyl or cyclic N) is 1. The third-order valence-electron chi connectivity index (χ3n) is 3.72. The summed E-state index contributed by atoms with van der Waals surface area (Å²) < 4.78 is 5.00. The molecule has 0 atom stereocenters. The Morgan fingerprint density at radius 1 is 1.47 bits per heavy atom. The summed E-state index contributed by atoms with van der Waals surface area (Å²) in [5, 5.41) is 21.3. The number of hydrogen-bond donors (Lipinski definition) is 1. The predicted molar refractivity (Wildman–Crippen MR) is 71.6 cm³/mol. The van der Waals surface area contributed by atoms with Gasteiger partial charge in [-0.2, -0.15) is 0 Å². The van der Waals surface area contributed by atoms with E-state index in [2.05, 4.69) is 0 Å². The number of rotatable bonds is 4. The minimum absolute atomic E-state index is 0.00477. The van der Waals surface area contributed by atoms with Gasteiger partial charge in [0.05, 0.1) is 18.1 Å². The van der Waals surface area contributed by atoms with Crippen molar-refractivity contribution in [1.29, 1.82) is 0 Å². The van der Waals surface area contributed by atoms with Gasteiger partial charge in [-0.3, -0.25) is 10.1 Å². The molecule has 6 nitrogen and oxygen atoms in total. The first kappa shape index (κ1) is 13.6. The first-order valence-electron chi connectivity index (χ1n) is 6.17. The number of aliphatic hydroxyl groups is 1. The molecule has 1 fully saturated rings. The van der Waals surface area contributed by atoms with E-state index in [1.165, 1.54) is 13.2 Å². The second kappa shape index (κ2) is 4.70. The summed E-state index contributed by atoms with van der Waals surface area (Å²) in [6.07, 6.45) is 0. The molecule has 0 amide bonds. The second-order valence-corrected chi connectivity index (χ2v) is 5.23. The van der Waals surface area contributed by atoms with Crippen LogP contribution in [-0.4, -0.2) is 35.8 Å². The quantitative estimate of drug-likeness (QED) is 0.664. The van der Waals surface area contributed by atoms with Gasteiger partial charge in [-0.1, -0.05) is 13.8 Å². The number of anilines is 1. The zero-order valence-electron chi connectivity index (χ0n) is 11.3. The van der Waals surface area contributed by atoms with E-state index in [1.807, 2.05) is 18.7 Å². The van der Waals surface area contributed by atoms with Crippen LogP contribution >= 0.6 is 0 Å². The number of hydrogen-bond acceptors (Lipinski definition) is 5. The van der Waals surface area contributed by atoms with Crippen LogP contribution in [-0.2, 0) is 0 Å². The van der Waals surface area contributed by atoms with E-state index >= 15 is 0 Å². The molecule has 1 heterocycles. The standard InChI is InChI=1S/C13H18N2O4/c1-9(2)13(16)7-14(8-13)11-5-4-10(19-3)6-12(11)15(17)18/h4-6,9,16H,7-8H2,1-3H3. The molecule has 0 unspecified atom stereocenters. The van der Waals surface area contributed by atoms with Crippen LogP contribution in [0.1, 0.15) is 13.8 Å². The highest BCUT2D eigenvalue weighted by Gasteiger charge is 2.45. The third kappa shape index (κ3) is 2.35. The normalized spacial score (nSPS) is 17.2. The fourth-order valence-electron chi connectivity index (χ4n) is 2.19. The molecule has 0 bridgehead atoms. The van der Waals surface area contributed by atoms with Gasteiger partial charge in [0.2, 0.25) is 0 Å². The van der Waals surface area contributed by atoms with E-state index in [1.54, 1.807) is 12.1 Å². The van der Waals surface area contributed by atoms with Gasteiger partial charge in [-0.15, -0.1) is 0 Å². The number of nitro groups is 1. The summed E-state index contributed by atoms with van der Waals surface area (Å²) in [5.74, 6) is 0.580. The van der Waals surface area contributed by atoms with Gasteiger partial charge in [0.15, 0.2) is 0 Å². The van der Waals surface area contributed by atoms with E-state index < -0.39 is 10.5 Å². The highest BCUT2D eigenvalue weighted by atomic mass is 16.6. The number of methoxy groups -OCH3 is 1. The summed E-state index contributed by atoms with van der Waals surface area (Å²) in [6, 6.07) is 4.76. The highest BCUT2D eigenvalue weighted by Crippen LogP contribution is 2.39. The van der Waals surface area contributed by atoms with Crippen molar-refractivity contribution in [3.63, 3.8) is 0 Å². The third-order valence-corrected chi connectivity index (χ3v) is 3.72. The number of ether oxygens (including phenoxy) is 1. The molecular weight excluding hydrogens is 248 g/mol. The SMILES string of the molecule is COc1ccc(N2CC(O)(C(C)C)C2)c([N+](=O)[O-])c1. The zero-order chi connectivity index (χ0) is 14.2. The fourth-order valence-corrected chi connectivity index (χ4v) is 2.19. The minimum atomic E-state index is -0.756. The Kier molecular flexibility index (Phi) is 3.36. The van der Waals surface area contributed by atoms with Crippen LogP contribution in [0.5, 0.6) is 5.75 Å². The van der Waals surface area contributed by atoms with Gasteiger partial charge in [0.1, 0.15) is 17.0 Å². The molecule has 2 rings (SSSR count). The molecule has 6 heteroatoms. The molecule has 1 saturated heterocycles. The molecule has 1 aliphatic rings. The molecule has 1 aliphatic heterocycles. The topological polar surface area (TPSA) is 75.8 Å². The first-order chi connectivity index (χ1) is 8.87. The molecular formula is C13H18N2O4. The molecule has 0 saturated carbocycles. The molecule has 0 aliphatic carbocycles. The predicted octanol–water partition coefficient (Wildman–Crippen LogP) is 1.81. The van der Waals surface area contributed by atoms with Crippen molar-refractivity contribution in [2.45, 2.75) is 19.4 Å². The lowest BCUT2D eigenvalue weighted by atomic mass is 9.82. The number of nitrogens with zero attached hydrogens (tertiary/aromatic N) is 2. The molecule has 0 radical (unpaired) electrons. The van der Waals surface area contributed by atoms with Crippen LogP contribution < -0.4 is 9.64 Å². The molecule has 104 valence electrons. The van der Waals surface area contributed by atoms with Gasteiger partial charge in [-0.25, -0.2) is 0 Å². The lowest BCUT2D eigenvalue weighted by Gasteiger charge is -2.50. The van der Waals surface area contributed by atoms with Gasteiger partial charge in [0, 0.05) is 13.1 Å². The zero-order valence-corrected chi connectivity index (χ0v) is 11.3. The maximum absolute atomic E-state index is 11.1. The highest BCUT2D eigenvalue weighted by molar-refractivity contribution is 5.67. The Hall–Kier alpha value is -1.82. The Bertz CT molecular complexity index is 495. The summed E-state index contributed by atoms with van der Waals surface area (Å²) in [4.78, 5) is 12.5. The maximum Gasteiger partial charge on any atom is 0.296 e. The summed E-state index contributed by atoms with van der Waals surface area (Å²) in [7, 11) is 1.47. The van der Waals surface area contributed by atoms with Gasteiger partial charge < -0.3 is 14.7 Å². The Morgan fingerprint density at radius 2 is 2.11 bits per heavy atom. The van der Waals surface area contributed by atoms with Gasteiger partial charge >= 0.3 is 0 Å². The van der Waals surface area contributed by atoms with Crippen molar-refractivity contribution in [1.82, 2.24) is 0 Å². The Labute approximate surface area is 111 Å². The lowest BCUT2D eigenvalue weighted by Crippen LogP contribution is -2.64. The van der Waals surface area contributed by atoms with Crippen LogP contribution in [0.3, 0.4) is 0 Å². The van der Waals surface area contributed by atoms with Crippen LogP contribution in [0.15, 0.2) is 18.2 Å². The maximum atomic E-state index is 11.1. The fraction of sp³-hybridized carbons (Fsp3) is 0.538. The van der Waals surface area contributed by atoms with E-state index in [0.717, 1.165) is 0 Å². The summed E-state index contributed by atoms with van der Waals surface area (Å²) >= 11 is 0. The minimum Gasteiger partial charge on any atom is -0.496 e. The number of nitro benzene ring substituents is 1. The smallest absolute Gasteiger partial charge is 0.296 e. The average molecular weight is 266 g/mol. The molecule has 0 spiro atoms. The van der Waals surface area contributed by atoms with Crippen molar-refractivity contribution in [3.05, 3.63) is 28.3 Å². The van der Waals surface area contributed by atoms with Crippen molar-refractivity contribution < 1.29 is 14.8 Å². The molecule has 1 aromatic carbocycles. The Balaban J connectivity index is 2.25. The second-order valence-electron chi connectivity index (χ2n) is 5.23. The van der Waals surface area contributed by atoms with E-state index in [0.29, 0.717) is 24.5 Å². The lowest BCUT2D eigenvalue weighted by molar-refractivity contribution is -0.384. The first-order valence-corrected chi connectivity index (χ1v) is 6.17. The number of benzene rings is 1. The largest absolute Gasteiger partial charge is 0.496 e. The van der Waals surface area contributed by atoms with E-state index in [-0.39, 0.29) is 11.6 Å². The van der Waals surface area contributed by atoms with E-state index in [4.69, 9.17) is 4.74 Å². The van der Waals surface area contributed by atoms with Crippen molar-refractivity contribution in [3.8, 4) is 5.75 Å². The van der Waals surface area contributed by atoms with Crippen LogP contribution in [0.4, 0.5) is 11.4 Å². The van der Waals surface area contributed by atoms with Crippen molar-refractivity contribution in [2.75, 3.05) is 25.1 Å².